The Bertz CT molecular complexity index is 585. The first-order valence-corrected chi connectivity index (χ1v) is 11.4. The highest BCUT2D eigenvalue weighted by atomic mass is 16.3. The molecule has 0 aromatic carbocycles. The molecule has 0 amide bonds. The lowest BCUT2D eigenvalue weighted by atomic mass is 9.43. The Hall–Kier alpha value is -0.370. The molecule has 0 saturated heterocycles. The maximum absolute atomic E-state index is 12.4. The third kappa shape index (κ3) is 2.50. The van der Waals surface area contributed by atoms with Gasteiger partial charge in [0.2, 0.25) is 0 Å². The largest absolute Gasteiger partial charge is 0.390 e. The zero-order valence-electron chi connectivity index (χ0n) is 17.7. The van der Waals surface area contributed by atoms with Crippen LogP contribution < -0.4 is 0 Å². The molecule has 0 aromatic heterocycles. The van der Waals surface area contributed by atoms with E-state index in [-0.39, 0.29) is 5.41 Å². The van der Waals surface area contributed by atoms with Gasteiger partial charge >= 0.3 is 0 Å². The summed E-state index contributed by atoms with van der Waals surface area (Å²) in [5, 5.41) is 10.9. The first-order chi connectivity index (χ1) is 12.1. The van der Waals surface area contributed by atoms with E-state index in [0.717, 1.165) is 43.4 Å². The minimum absolute atomic E-state index is 0.244. The van der Waals surface area contributed by atoms with Crippen LogP contribution in [-0.2, 0) is 4.79 Å². The third-order valence-corrected chi connectivity index (χ3v) is 10.3. The molecule has 0 bridgehead atoms. The van der Waals surface area contributed by atoms with E-state index < -0.39 is 5.60 Å². The molecule has 4 aliphatic rings. The SMILES string of the molecule is CC[C@]1(O)CCC2(C)C(CCC3C2CCC2(C)C(C(C)=O)C[C@H](C)C32)C1. The van der Waals surface area contributed by atoms with Gasteiger partial charge in [-0.15, -0.1) is 0 Å². The van der Waals surface area contributed by atoms with Crippen molar-refractivity contribution in [3.8, 4) is 0 Å². The van der Waals surface area contributed by atoms with Gasteiger partial charge in [-0.3, -0.25) is 4.79 Å². The third-order valence-electron chi connectivity index (χ3n) is 10.3. The first-order valence-electron chi connectivity index (χ1n) is 11.4. The highest BCUT2D eigenvalue weighted by Crippen LogP contribution is 2.69. The van der Waals surface area contributed by atoms with Crippen LogP contribution >= 0.6 is 0 Å². The van der Waals surface area contributed by atoms with Gasteiger partial charge in [0.25, 0.3) is 0 Å². The van der Waals surface area contributed by atoms with Crippen LogP contribution in [-0.4, -0.2) is 16.5 Å². The number of carbonyl (C=O) groups excluding carboxylic acids is 1. The lowest BCUT2D eigenvalue weighted by molar-refractivity contribution is -0.157. The second-order valence-electron chi connectivity index (χ2n) is 11.3. The molecule has 0 heterocycles. The summed E-state index contributed by atoms with van der Waals surface area (Å²) < 4.78 is 0. The maximum Gasteiger partial charge on any atom is 0.133 e. The monoisotopic (exact) mass is 360 g/mol. The summed E-state index contributed by atoms with van der Waals surface area (Å²) in [6, 6.07) is 0. The summed E-state index contributed by atoms with van der Waals surface area (Å²) in [5.41, 5.74) is 0.259. The smallest absolute Gasteiger partial charge is 0.133 e. The molecule has 148 valence electrons. The van der Waals surface area contributed by atoms with Crippen LogP contribution in [0.5, 0.6) is 0 Å². The van der Waals surface area contributed by atoms with E-state index in [4.69, 9.17) is 0 Å². The first kappa shape index (κ1) is 19.0. The van der Waals surface area contributed by atoms with Gasteiger partial charge in [-0.2, -0.15) is 0 Å². The van der Waals surface area contributed by atoms with Gasteiger partial charge in [-0.1, -0.05) is 27.7 Å². The Labute approximate surface area is 160 Å². The Morgan fingerprint density at radius 2 is 1.81 bits per heavy atom. The van der Waals surface area contributed by atoms with Crippen molar-refractivity contribution in [2.75, 3.05) is 0 Å². The maximum atomic E-state index is 12.4. The van der Waals surface area contributed by atoms with E-state index in [9.17, 15) is 9.90 Å². The summed E-state index contributed by atoms with van der Waals surface area (Å²) in [4.78, 5) is 12.4. The van der Waals surface area contributed by atoms with Gasteiger partial charge in [-0.25, -0.2) is 0 Å². The molecule has 9 atom stereocenters. The zero-order chi connectivity index (χ0) is 18.9. The summed E-state index contributed by atoms with van der Waals surface area (Å²) in [6.45, 7) is 11.4. The summed E-state index contributed by atoms with van der Waals surface area (Å²) in [7, 11) is 0. The highest BCUT2D eigenvalue weighted by Gasteiger charge is 2.63. The van der Waals surface area contributed by atoms with Crippen molar-refractivity contribution < 1.29 is 9.90 Å². The van der Waals surface area contributed by atoms with Crippen LogP contribution in [0.2, 0.25) is 0 Å². The lowest BCUT2D eigenvalue weighted by Gasteiger charge is -2.62. The fourth-order valence-corrected chi connectivity index (χ4v) is 8.82. The molecule has 0 spiro atoms. The second-order valence-corrected chi connectivity index (χ2v) is 11.3. The van der Waals surface area contributed by atoms with Gasteiger partial charge in [0, 0.05) is 5.92 Å². The molecule has 0 radical (unpaired) electrons. The average molecular weight is 361 g/mol. The number of hydrogen-bond donors (Lipinski definition) is 1. The molecule has 4 aliphatic carbocycles. The van der Waals surface area contributed by atoms with Gasteiger partial charge in [0.05, 0.1) is 5.60 Å². The molecule has 4 fully saturated rings. The summed E-state index contributed by atoms with van der Waals surface area (Å²) in [5.74, 6) is 4.48. The van der Waals surface area contributed by atoms with Gasteiger partial charge in [0.1, 0.15) is 5.78 Å². The summed E-state index contributed by atoms with van der Waals surface area (Å²) >= 11 is 0. The van der Waals surface area contributed by atoms with Crippen molar-refractivity contribution in [3.63, 3.8) is 0 Å². The van der Waals surface area contributed by atoms with Crippen LogP contribution in [0.1, 0.15) is 92.4 Å². The topological polar surface area (TPSA) is 37.3 Å². The van der Waals surface area contributed by atoms with Crippen molar-refractivity contribution in [1.82, 2.24) is 0 Å². The van der Waals surface area contributed by atoms with Gasteiger partial charge < -0.3 is 5.11 Å². The van der Waals surface area contributed by atoms with E-state index in [1.165, 1.54) is 32.1 Å². The van der Waals surface area contributed by atoms with Crippen molar-refractivity contribution in [2.24, 2.45) is 46.3 Å². The molecule has 1 N–H and O–H groups in total. The van der Waals surface area contributed by atoms with E-state index in [1.54, 1.807) is 0 Å². The number of rotatable bonds is 2. The lowest BCUT2D eigenvalue weighted by Crippen LogP contribution is -2.56. The predicted molar refractivity (Wildman–Crippen MR) is 106 cm³/mol. The number of aliphatic hydroxyl groups is 1. The highest BCUT2D eigenvalue weighted by molar-refractivity contribution is 5.79. The fraction of sp³-hybridized carbons (Fsp3) is 0.958. The Kier molecular flexibility index (Phi) is 4.42. The van der Waals surface area contributed by atoms with Crippen LogP contribution in [0, 0.1) is 46.3 Å². The molecule has 4 saturated carbocycles. The molecule has 0 aliphatic heterocycles. The van der Waals surface area contributed by atoms with E-state index >= 15 is 0 Å². The van der Waals surface area contributed by atoms with Crippen molar-refractivity contribution in [1.29, 1.82) is 0 Å². The number of fused-ring (bicyclic) bond motifs is 5. The molecule has 0 aromatic rings. The predicted octanol–water partition coefficient (Wildman–Crippen LogP) is 5.62. The normalized spacial score (nSPS) is 56.4. The molecule has 7 unspecified atom stereocenters. The van der Waals surface area contributed by atoms with Crippen LogP contribution in [0.4, 0.5) is 0 Å². The molecule has 2 heteroatoms. The molecule has 2 nitrogen and oxygen atoms in total. The quantitative estimate of drug-likeness (QED) is 0.694. The molecule has 26 heavy (non-hydrogen) atoms. The summed E-state index contributed by atoms with van der Waals surface area (Å²) in [6.07, 6.45) is 10.4. The van der Waals surface area contributed by atoms with Crippen molar-refractivity contribution in [2.45, 2.75) is 98.0 Å². The standard InChI is InChI=1S/C24H40O2/c1-6-24(26)12-11-22(4)17(14-24)7-8-18-19(22)9-10-23(5)20(16(3)25)13-15(2)21(18)23/h15,17-21,26H,6-14H2,1-5H3/t15-,17?,18?,19?,20?,21?,22?,23?,24-/m0/s1. The van der Waals surface area contributed by atoms with Gasteiger partial charge in [-0.05, 0) is 105 Å². The van der Waals surface area contributed by atoms with E-state index in [0.29, 0.717) is 29.0 Å². The minimum Gasteiger partial charge on any atom is -0.390 e. The fourth-order valence-electron chi connectivity index (χ4n) is 8.82. The molecular formula is C24H40O2. The minimum atomic E-state index is -0.402. The Balaban J connectivity index is 1.63. The molecular weight excluding hydrogens is 320 g/mol. The zero-order valence-corrected chi connectivity index (χ0v) is 17.7. The number of carbonyl (C=O) groups is 1. The Morgan fingerprint density at radius 3 is 2.46 bits per heavy atom. The van der Waals surface area contributed by atoms with Crippen molar-refractivity contribution in [3.05, 3.63) is 0 Å². The second kappa shape index (κ2) is 6.06. The number of ketones is 1. The Morgan fingerprint density at radius 1 is 1.08 bits per heavy atom. The van der Waals surface area contributed by atoms with Gasteiger partial charge in [0.15, 0.2) is 0 Å². The van der Waals surface area contributed by atoms with E-state index in [2.05, 4.69) is 27.7 Å². The number of hydrogen-bond acceptors (Lipinski definition) is 2. The number of Topliss-reactive ketones (excluding diaryl/α,β-unsaturated/α-hetero) is 1. The van der Waals surface area contributed by atoms with Crippen molar-refractivity contribution >= 4 is 5.78 Å². The van der Waals surface area contributed by atoms with Crippen LogP contribution in [0.3, 0.4) is 0 Å². The van der Waals surface area contributed by atoms with E-state index in [1.807, 2.05) is 6.92 Å². The van der Waals surface area contributed by atoms with Crippen LogP contribution in [0.15, 0.2) is 0 Å². The average Bonchev–Trinajstić information content (AvgIpc) is 2.87. The molecule has 4 rings (SSSR count). The van der Waals surface area contributed by atoms with Crippen LogP contribution in [0.25, 0.3) is 0 Å².